The third kappa shape index (κ3) is 5.65. The SMILES string of the molecule is COc1cccc(-c2ccnc(C(=O)N[C@H]3COc4ccc(C#CC(C)(C)O)cc4N(C)C3=O)c2)c1. The molecule has 8 heteroatoms. The third-order valence-corrected chi connectivity index (χ3v) is 5.57. The monoisotopic (exact) mass is 485 g/mol. The number of methoxy groups -OCH3 is 1. The maximum atomic E-state index is 13.2. The molecule has 0 spiro atoms. The molecule has 184 valence electrons. The number of aliphatic hydroxyl groups is 1. The van der Waals surface area contributed by atoms with E-state index in [1.807, 2.05) is 24.3 Å². The van der Waals surface area contributed by atoms with Gasteiger partial charge in [-0.1, -0.05) is 24.0 Å². The summed E-state index contributed by atoms with van der Waals surface area (Å²) < 4.78 is 11.1. The molecule has 0 saturated carbocycles. The molecule has 8 nitrogen and oxygen atoms in total. The first kappa shape index (κ1) is 24.8. The topological polar surface area (TPSA) is 101 Å². The number of ether oxygens (including phenoxy) is 2. The van der Waals surface area contributed by atoms with Crippen molar-refractivity contribution in [3.8, 4) is 34.5 Å². The Kier molecular flexibility index (Phi) is 6.95. The second-order valence-electron chi connectivity index (χ2n) is 8.89. The molecule has 2 N–H and O–H groups in total. The van der Waals surface area contributed by atoms with E-state index in [4.69, 9.17) is 9.47 Å². The molecule has 1 atom stereocenters. The fourth-order valence-corrected chi connectivity index (χ4v) is 3.67. The molecule has 0 radical (unpaired) electrons. The summed E-state index contributed by atoms with van der Waals surface area (Å²) in [6, 6.07) is 15.2. The molecule has 2 aromatic carbocycles. The van der Waals surface area contributed by atoms with E-state index in [1.165, 1.54) is 4.90 Å². The first-order chi connectivity index (χ1) is 17.1. The number of carbonyl (C=O) groups is 2. The molecular weight excluding hydrogens is 458 g/mol. The average Bonchev–Trinajstić information content (AvgIpc) is 2.99. The summed E-state index contributed by atoms with van der Waals surface area (Å²) >= 11 is 0. The molecule has 0 saturated heterocycles. The number of likely N-dealkylation sites (N-methyl/N-ethyl adjacent to an activating group) is 1. The molecule has 1 aliphatic rings. The number of rotatable bonds is 4. The van der Waals surface area contributed by atoms with Crippen LogP contribution in [0.3, 0.4) is 0 Å². The molecule has 4 rings (SSSR count). The number of hydrogen-bond donors (Lipinski definition) is 2. The highest BCUT2D eigenvalue weighted by Crippen LogP contribution is 2.31. The lowest BCUT2D eigenvalue weighted by molar-refractivity contribution is -0.120. The maximum absolute atomic E-state index is 13.2. The van der Waals surface area contributed by atoms with Crippen molar-refractivity contribution in [1.82, 2.24) is 10.3 Å². The third-order valence-electron chi connectivity index (χ3n) is 5.57. The van der Waals surface area contributed by atoms with Crippen LogP contribution in [0.1, 0.15) is 29.9 Å². The molecule has 0 aliphatic carbocycles. The zero-order valence-corrected chi connectivity index (χ0v) is 20.5. The molecule has 36 heavy (non-hydrogen) atoms. The van der Waals surface area contributed by atoms with Gasteiger partial charge in [-0.05, 0) is 67.4 Å². The molecular formula is C28H27N3O5. The molecule has 3 aromatic rings. The minimum absolute atomic E-state index is 0.0355. The van der Waals surface area contributed by atoms with Gasteiger partial charge in [0, 0.05) is 18.8 Å². The summed E-state index contributed by atoms with van der Waals surface area (Å²) in [5, 5.41) is 12.6. The molecule has 1 aromatic heterocycles. The minimum atomic E-state index is -1.14. The minimum Gasteiger partial charge on any atom is -0.497 e. The Balaban J connectivity index is 1.52. The van der Waals surface area contributed by atoms with Crippen LogP contribution in [0.5, 0.6) is 11.5 Å². The summed E-state index contributed by atoms with van der Waals surface area (Å²) in [4.78, 5) is 31.8. The van der Waals surface area contributed by atoms with E-state index in [2.05, 4.69) is 22.1 Å². The van der Waals surface area contributed by atoms with Gasteiger partial charge in [-0.25, -0.2) is 0 Å². The molecule has 0 bridgehead atoms. The van der Waals surface area contributed by atoms with Crippen molar-refractivity contribution in [2.75, 3.05) is 25.7 Å². The Labute approximate surface area is 209 Å². The van der Waals surface area contributed by atoms with Crippen LogP contribution in [0.2, 0.25) is 0 Å². The fourth-order valence-electron chi connectivity index (χ4n) is 3.67. The lowest BCUT2D eigenvalue weighted by Crippen LogP contribution is -2.49. The van der Waals surface area contributed by atoms with E-state index >= 15 is 0 Å². The molecule has 2 heterocycles. The first-order valence-electron chi connectivity index (χ1n) is 11.4. The van der Waals surface area contributed by atoms with Crippen LogP contribution < -0.4 is 19.7 Å². The Bertz CT molecular complexity index is 1370. The van der Waals surface area contributed by atoms with E-state index in [9.17, 15) is 14.7 Å². The number of aromatic nitrogens is 1. The maximum Gasteiger partial charge on any atom is 0.270 e. The number of carbonyl (C=O) groups excluding carboxylic acids is 2. The van der Waals surface area contributed by atoms with Crippen molar-refractivity contribution in [3.63, 3.8) is 0 Å². The highest BCUT2D eigenvalue weighted by atomic mass is 16.5. The van der Waals surface area contributed by atoms with Gasteiger partial charge in [0.2, 0.25) is 0 Å². The van der Waals surface area contributed by atoms with Crippen LogP contribution in [0.4, 0.5) is 5.69 Å². The number of nitrogens with zero attached hydrogens (tertiary/aromatic N) is 2. The summed E-state index contributed by atoms with van der Waals surface area (Å²) in [6.45, 7) is 3.15. The zero-order valence-electron chi connectivity index (χ0n) is 20.5. The zero-order chi connectivity index (χ0) is 25.9. The van der Waals surface area contributed by atoms with Gasteiger partial charge in [-0.2, -0.15) is 0 Å². The van der Waals surface area contributed by atoms with Crippen molar-refractivity contribution < 1.29 is 24.2 Å². The number of pyridine rings is 1. The van der Waals surface area contributed by atoms with Crippen molar-refractivity contribution >= 4 is 17.5 Å². The number of nitrogens with one attached hydrogen (secondary N) is 1. The predicted octanol–water partition coefficient (Wildman–Crippen LogP) is 3.03. The van der Waals surface area contributed by atoms with E-state index in [0.29, 0.717) is 22.7 Å². The van der Waals surface area contributed by atoms with Gasteiger partial charge in [0.15, 0.2) is 0 Å². The normalized spacial score (nSPS) is 15.1. The van der Waals surface area contributed by atoms with Crippen LogP contribution in [0, 0.1) is 11.8 Å². The van der Waals surface area contributed by atoms with E-state index in [0.717, 1.165) is 11.1 Å². The van der Waals surface area contributed by atoms with Gasteiger partial charge in [0.25, 0.3) is 11.8 Å². The summed E-state index contributed by atoms with van der Waals surface area (Å²) in [6.07, 6.45) is 1.55. The Hall–Kier alpha value is -4.35. The quantitative estimate of drug-likeness (QED) is 0.551. The van der Waals surface area contributed by atoms with E-state index in [-0.39, 0.29) is 18.2 Å². The van der Waals surface area contributed by atoms with Crippen molar-refractivity contribution in [2.45, 2.75) is 25.5 Å². The van der Waals surface area contributed by atoms with Crippen molar-refractivity contribution in [3.05, 3.63) is 72.1 Å². The molecule has 2 amide bonds. The highest BCUT2D eigenvalue weighted by Gasteiger charge is 2.31. The second-order valence-corrected chi connectivity index (χ2v) is 8.89. The van der Waals surface area contributed by atoms with Gasteiger partial charge >= 0.3 is 0 Å². The van der Waals surface area contributed by atoms with Crippen molar-refractivity contribution in [2.24, 2.45) is 0 Å². The largest absolute Gasteiger partial charge is 0.497 e. The van der Waals surface area contributed by atoms with Gasteiger partial charge in [0.1, 0.15) is 35.4 Å². The molecule has 0 unspecified atom stereocenters. The number of benzene rings is 2. The Morgan fingerprint density at radius 1 is 1.19 bits per heavy atom. The summed E-state index contributed by atoms with van der Waals surface area (Å²) in [5.74, 6) is 6.03. The highest BCUT2D eigenvalue weighted by molar-refractivity contribution is 6.03. The fraction of sp³-hybridized carbons (Fsp3) is 0.250. The summed E-state index contributed by atoms with van der Waals surface area (Å²) in [5.41, 5.74) is 1.85. The van der Waals surface area contributed by atoms with Crippen LogP contribution in [0.25, 0.3) is 11.1 Å². The second kappa shape index (κ2) is 10.1. The number of fused-ring (bicyclic) bond motifs is 1. The first-order valence-corrected chi connectivity index (χ1v) is 11.4. The van der Waals surface area contributed by atoms with Crippen LogP contribution in [0.15, 0.2) is 60.8 Å². The number of hydrogen-bond acceptors (Lipinski definition) is 6. The smallest absolute Gasteiger partial charge is 0.270 e. The number of anilines is 1. The van der Waals surface area contributed by atoms with E-state index in [1.54, 1.807) is 64.5 Å². The molecule has 1 aliphatic heterocycles. The lowest BCUT2D eigenvalue weighted by Gasteiger charge is -2.20. The van der Waals surface area contributed by atoms with Crippen LogP contribution >= 0.6 is 0 Å². The van der Waals surface area contributed by atoms with Crippen LogP contribution in [-0.2, 0) is 4.79 Å². The van der Waals surface area contributed by atoms with Crippen molar-refractivity contribution in [1.29, 1.82) is 0 Å². The summed E-state index contributed by atoms with van der Waals surface area (Å²) in [7, 11) is 3.21. The lowest BCUT2D eigenvalue weighted by atomic mass is 10.1. The Morgan fingerprint density at radius 2 is 1.97 bits per heavy atom. The van der Waals surface area contributed by atoms with Gasteiger partial charge in [-0.3, -0.25) is 14.6 Å². The standard InChI is InChI=1S/C28H27N3O5/c1-28(2,34)12-10-18-8-9-25-24(14-18)31(3)27(33)23(17-36-25)30-26(32)22-16-20(11-13-29-22)19-6-5-7-21(15-19)35-4/h5-9,11,13-16,23,34H,17H2,1-4H3,(H,30,32)/t23-/m0/s1. The average molecular weight is 486 g/mol. The van der Waals surface area contributed by atoms with E-state index < -0.39 is 17.6 Å². The molecule has 0 fully saturated rings. The number of amides is 2. The van der Waals surface area contributed by atoms with Gasteiger partial charge in [0.05, 0.1) is 12.8 Å². The van der Waals surface area contributed by atoms with Gasteiger partial charge < -0.3 is 24.8 Å². The predicted molar refractivity (Wildman–Crippen MR) is 136 cm³/mol. The van der Waals surface area contributed by atoms with Crippen LogP contribution in [-0.4, -0.2) is 54.3 Å². The van der Waals surface area contributed by atoms with Gasteiger partial charge in [-0.15, -0.1) is 0 Å². The Morgan fingerprint density at radius 3 is 2.72 bits per heavy atom.